The lowest BCUT2D eigenvalue weighted by atomic mass is 10.0. The van der Waals surface area contributed by atoms with Crippen molar-refractivity contribution in [3.8, 4) is 0 Å². The second-order valence-electron chi connectivity index (χ2n) is 2.53. The van der Waals surface area contributed by atoms with Gasteiger partial charge in [-0.1, -0.05) is 0 Å². The highest BCUT2D eigenvalue weighted by atomic mass is 79.9. The SMILES string of the molecule is Br.NC[C@@H](O)[C@H](O)[C@H](O)[C@@H](O)CO. The molecule has 6 nitrogen and oxygen atoms in total. The lowest BCUT2D eigenvalue weighted by Gasteiger charge is -2.24. The van der Waals surface area contributed by atoms with Gasteiger partial charge in [-0.3, -0.25) is 0 Å². The Labute approximate surface area is 86.4 Å². The van der Waals surface area contributed by atoms with E-state index in [1.807, 2.05) is 0 Å². The van der Waals surface area contributed by atoms with Gasteiger partial charge in [0.2, 0.25) is 0 Å². The van der Waals surface area contributed by atoms with Crippen LogP contribution in [0.5, 0.6) is 0 Å². The topological polar surface area (TPSA) is 127 Å². The van der Waals surface area contributed by atoms with E-state index in [9.17, 15) is 0 Å². The predicted molar refractivity (Wildman–Crippen MR) is 50.5 cm³/mol. The van der Waals surface area contributed by atoms with Crippen LogP contribution in [0, 0.1) is 0 Å². The van der Waals surface area contributed by atoms with Crippen molar-refractivity contribution >= 4 is 17.0 Å². The Morgan fingerprint density at radius 3 is 1.62 bits per heavy atom. The Bertz CT molecular complexity index is 114. The zero-order valence-electron chi connectivity index (χ0n) is 6.95. The molecular weight excluding hydrogens is 246 g/mol. The molecule has 0 saturated heterocycles. The summed E-state index contributed by atoms with van der Waals surface area (Å²) in [7, 11) is 0. The van der Waals surface area contributed by atoms with Gasteiger partial charge in [-0.05, 0) is 0 Å². The fourth-order valence-corrected chi connectivity index (χ4v) is 0.703. The van der Waals surface area contributed by atoms with Crippen LogP contribution in [-0.4, -0.2) is 63.1 Å². The summed E-state index contributed by atoms with van der Waals surface area (Å²) < 4.78 is 0. The van der Waals surface area contributed by atoms with Crippen molar-refractivity contribution in [1.29, 1.82) is 0 Å². The number of rotatable bonds is 5. The standard InChI is InChI=1S/C6H15NO5.BrH/c7-1-3(9)5(11)6(12)4(10)2-8;/h3-6,8-12H,1-2,7H2;1H/t3-,4+,5+,6-;/m1./s1. The highest BCUT2D eigenvalue weighted by Crippen LogP contribution is 2.03. The molecule has 4 atom stereocenters. The summed E-state index contributed by atoms with van der Waals surface area (Å²) in [5.74, 6) is 0. The first-order valence-electron chi connectivity index (χ1n) is 3.57. The van der Waals surface area contributed by atoms with E-state index in [-0.39, 0.29) is 23.5 Å². The maximum atomic E-state index is 9.04. The van der Waals surface area contributed by atoms with Gasteiger partial charge in [0, 0.05) is 6.54 Å². The molecule has 0 radical (unpaired) electrons. The quantitative estimate of drug-likeness (QED) is 0.312. The number of aliphatic hydroxyl groups excluding tert-OH is 5. The molecule has 0 bridgehead atoms. The molecule has 0 unspecified atom stereocenters. The Morgan fingerprint density at radius 2 is 1.31 bits per heavy atom. The van der Waals surface area contributed by atoms with Crippen molar-refractivity contribution in [2.75, 3.05) is 13.2 Å². The van der Waals surface area contributed by atoms with Crippen molar-refractivity contribution in [2.24, 2.45) is 5.73 Å². The van der Waals surface area contributed by atoms with E-state index in [0.29, 0.717) is 0 Å². The van der Waals surface area contributed by atoms with Gasteiger partial charge in [0.05, 0.1) is 12.7 Å². The van der Waals surface area contributed by atoms with E-state index < -0.39 is 31.0 Å². The Hall–Kier alpha value is 0.240. The van der Waals surface area contributed by atoms with Crippen molar-refractivity contribution in [1.82, 2.24) is 0 Å². The van der Waals surface area contributed by atoms with E-state index in [1.165, 1.54) is 0 Å². The van der Waals surface area contributed by atoms with Gasteiger partial charge < -0.3 is 31.3 Å². The Balaban J connectivity index is 0. The highest BCUT2D eigenvalue weighted by Gasteiger charge is 2.28. The van der Waals surface area contributed by atoms with E-state index in [1.54, 1.807) is 0 Å². The van der Waals surface area contributed by atoms with Crippen LogP contribution in [-0.2, 0) is 0 Å². The second kappa shape index (κ2) is 7.63. The summed E-state index contributed by atoms with van der Waals surface area (Å²) in [5.41, 5.74) is 4.99. The van der Waals surface area contributed by atoms with Crippen LogP contribution in [0.4, 0.5) is 0 Å². The van der Waals surface area contributed by atoms with Crippen LogP contribution in [0.1, 0.15) is 0 Å². The van der Waals surface area contributed by atoms with Crippen LogP contribution >= 0.6 is 17.0 Å². The lowest BCUT2D eigenvalue weighted by Crippen LogP contribution is -2.48. The molecule has 13 heavy (non-hydrogen) atoms. The molecule has 0 aliphatic carbocycles. The van der Waals surface area contributed by atoms with E-state index >= 15 is 0 Å². The molecule has 0 amide bonds. The van der Waals surface area contributed by atoms with E-state index in [4.69, 9.17) is 31.3 Å². The van der Waals surface area contributed by atoms with Crippen molar-refractivity contribution in [2.45, 2.75) is 24.4 Å². The number of hydrogen-bond donors (Lipinski definition) is 6. The summed E-state index contributed by atoms with van der Waals surface area (Å²) in [6, 6.07) is 0. The lowest BCUT2D eigenvalue weighted by molar-refractivity contribution is -0.112. The third-order valence-corrected chi connectivity index (χ3v) is 1.57. The summed E-state index contributed by atoms with van der Waals surface area (Å²) >= 11 is 0. The number of aliphatic hydroxyl groups is 5. The fraction of sp³-hybridized carbons (Fsp3) is 1.00. The van der Waals surface area contributed by atoms with Crippen molar-refractivity contribution in [3.05, 3.63) is 0 Å². The van der Waals surface area contributed by atoms with Crippen molar-refractivity contribution in [3.63, 3.8) is 0 Å². The first-order valence-corrected chi connectivity index (χ1v) is 3.57. The van der Waals surface area contributed by atoms with Gasteiger partial charge in [0.1, 0.15) is 18.3 Å². The molecule has 7 heteroatoms. The molecule has 0 aliphatic heterocycles. The molecule has 0 saturated carbocycles. The largest absolute Gasteiger partial charge is 0.394 e. The highest BCUT2D eigenvalue weighted by molar-refractivity contribution is 8.93. The average molecular weight is 262 g/mol. The molecule has 82 valence electrons. The predicted octanol–water partition coefficient (Wildman–Crippen LogP) is -3.04. The van der Waals surface area contributed by atoms with Crippen LogP contribution < -0.4 is 5.73 Å². The zero-order valence-corrected chi connectivity index (χ0v) is 8.66. The van der Waals surface area contributed by atoms with Gasteiger partial charge in [0.25, 0.3) is 0 Å². The van der Waals surface area contributed by atoms with E-state index in [0.717, 1.165) is 0 Å². The molecule has 0 aromatic rings. The second-order valence-corrected chi connectivity index (χ2v) is 2.53. The molecule has 0 aromatic heterocycles. The maximum Gasteiger partial charge on any atom is 0.111 e. The van der Waals surface area contributed by atoms with Crippen LogP contribution in [0.15, 0.2) is 0 Å². The van der Waals surface area contributed by atoms with Crippen LogP contribution in [0.2, 0.25) is 0 Å². The Morgan fingerprint density at radius 1 is 0.923 bits per heavy atom. The molecule has 0 spiro atoms. The van der Waals surface area contributed by atoms with Crippen LogP contribution in [0.25, 0.3) is 0 Å². The minimum absolute atomic E-state index is 0. The molecular formula is C6H16BrNO5. The smallest absolute Gasteiger partial charge is 0.111 e. The monoisotopic (exact) mass is 261 g/mol. The first kappa shape index (κ1) is 15.7. The summed E-state index contributed by atoms with van der Waals surface area (Å²) in [6.45, 7) is -0.911. The summed E-state index contributed by atoms with van der Waals surface area (Å²) in [6.07, 6.45) is -5.91. The first-order chi connectivity index (χ1) is 5.54. The van der Waals surface area contributed by atoms with E-state index in [2.05, 4.69) is 0 Å². The minimum atomic E-state index is -1.59. The molecule has 0 rings (SSSR count). The number of halogens is 1. The Kier molecular flexibility index (Phi) is 9.21. The van der Waals surface area contributed by atoms with Crippen molar-refractivity contribution < 1.29 is 25.5 Å². The molecule has 7 N–H and O–H groups in total. The fourth-order valence-electron chi connectivity index (χ4n) is 0.703. The third-order valence-electron chi connectivity index (χ3n) is 1.57. The molecule has 0 fully saturated rings. The third kappa shape index (κ3) is 4.87. The summed E-state index contributed by atoms with van der Waals surface area (Å²) in [5, 5.41) is 44.2. The van der Waals surface area contributed by atoms with Gasteiger partial charge in [-0.2, -0.15) is 0 Å². The number of nitrogens with two attached hydrogens (primary N) is 1. The normalized spacial score (nSPS) is 19.8. The zero-order chi connectivity index (χ0) is 9.72. The average Bonchev–Trinajstić information content (AvgIpc) is 2.12. The van der Waals surface area contributed by atoms with Gasteiger partial charge >= 0.3 is 0 Å². The van der Waals surface area contributed by atoms with Crippen LogP contribution in [0.3, 0.4) is 0 Å². The number of hydrogen-bond acceptors (Lipinski definition) is 6. The maximum absolute atomic E-state index is 9.04. The van der Waals surface area contributed by atoms with Gasteiger partial charge in [0.15, 0.2) is 0 Å². The van der Waals surface area contributed by atoms with Gasteiger partial charge in [-0.15, -0.1) is 17.0 Å². The van der Waals surface area contributed by atoms with Gasteiger partial charge in [-0.25, -0.2) is 0 Å². The molecule has 0 aliphatic rings. The molecule has 0 heterocycles. The minimum Gasteiger partial charge on any atom is -0.394 e. The summed E-state index contributed by atoms with van der Waals surface area (Å²) in [4.78, 5) is 0. The molecule has 0 aromatic carbocycles.